The number of aryl methyl sites for hydroxylation is 1. The molecule has 0 unspecified atom stereocenters. The number of hydrogen-bond donors (Lipinski definition) is 2. The zero-order chi connectivity index (χ0) is 15.4. The topological polar surface area (TPSA) is 71.0 Å². The molecule has 2 amide bonds. The largest absolute Gasteiger partial charge is 0.495 e. The summed E-state index contributed by atoms with van der Waals surface area (Å²) >= 11 is 6.04. The van der Waals surface area contributed by atoms with Gasteiger partial charge in [-0.1, -0.05) is 11.6 Å². The summed E-state index contributed by atoms with van der Waals surface area (Å²) in [6.07, 6.45) is 0. The quantitative estimate of drug-likeness (QED) is 0.893. The minimum atomic E-state index is -0.335. The molecule has 116 valence electrons. The van der Waals surface area contributed by atoms with Gasteiger partial charge >= 0.3 is 6.03 Å². The van der Waals surface area contributed by atoms with Crippen LogP contribution in [0.15, 0.2) is 12.1 Å². The average molecular weight is 315 g/mol. The van der Waals surface area contributed by atoms with Gasteiger partial charge < -0.3 is 24.8 Å². The van der Waals surface area contributed by atoms with Crippen LogP contribution >= 0.6 is 11.6 Å². The van der Waals surface area contributed by atoms with E-state index in [0.29, 0.717) is 36.2 Å². The smallest absolute Gasteiger partial charge is 0.322 e. The predicted molar refractivity (Wildman–Crippen MR) is 80.2 cm³/mol. The Bertz CT molecular complexity index is 524. The van der Waals surface area contributed by atoms with Crippen molar-refractivity contribution < 1.29 is 19.4 Å². The molecular weight excluding hydrogens is 296 g/mol. The summed E-state index contributed by atoms with van der Waals surface area (Å²) in [7, 11) is 1.52. The number of ether oxygens (including phenoxy) is 2. The first-order chi connectivity index (χ1) is 10.1. The number of aliphatic hydroxyl groups excluding tert-OH is 1. The Kier molecular flexibility index (Phi) is 5.27. The number of nitrogens with zero attached hydrogens (tertiary/aromatic N) is 1. The van der Waals surface area contributed by atoms with Crippen LogP contribution in [0.3, 0.4) is 0 Å². The number of rotatable bonds is 3. The van der Waals surface area contributed by atoms with E-state index < -0.39 is 0 Å². The van der Waals surface area contributed by atoms with E-state index in [2.05, 4.69) is 5.32 Å². The van der Waals surface area contributed by atoms with Crippen LogP contribution in [0.1, 0.15) is 5.56 Å². The second-order valence-corrected chi connectivity index (χ2v) is 5.24. The van der Waals surface area contributed by atoms with Crippen molar-refractivity contribution in [2.75, 3.05) is 38.8 Å². The van der Waals surface area contributed by atoms with Crippen molar-refractivity contribution in [1.82, 2.24) is 4.90 Å². The highest BCUT2D eigenvalue weighted by atomic mass is 35.5. The van der Waals surface area contributed by atoms with Gasteiger partial charge in [-0.3, -0.25) is 0 Å². The molecule has 1 atom stereocenters. The summed E-state index contributed by atoms with van der Waals surface area (Å²) in [5, 5.41) is 12.7. The summed E-state index contributed by atoms with van der Waals surface area (Å²) in [6.45, 7) is 2.94. The third-order valence-corrected chi connectivity index (χ3v) is 3.83. The summed E-state index contributed by atoms with van der Waals surface area (Å²) < 4.78 is 10.5. The van der Waals surface area contributed by atoms with Crippen LogP contribution < -0.4 is 10.1 Å². The van der Waals surface area contributed by atoms with Gasteiger partial charge in [0.05, 0.1) is 38.7 Å². The van der Waals surface area contributed by atoms with E-state index in [0.717, 1.165) is 5.56 Å². The van der Waals surface area contributed by atoms with E-state index in [1.807, 2.05) is 6.92 Å². The number of amides is 2. The number of hydrogen-bond acceptors (Lipinski definition) is 4. The lowest BCUT2D eigenvalue weighted by Gasteiger charge is -2.34. The Balaban J connectivity index is 2.17. The van der Waals surface area contributed by atoms with Crippen LogP contribution in [0, 0.1) is 6.92 Å². The number of carbonyl (C=O) groups excluding carboxylic acids is 1. The Labute approximate surface area is 128 Å². The fraction of sp³-hybridized carbons (Fsp3) is 0.500. The summed E-state index contributed by atoms with van der Waals surface area (Å²) in [6, 6.07) is 2.79. The summed E-state index contributed by atoms with van der Waals surface area (Å²) in [5.74, 6) is 0.493. The predicted octanol–water partition coefficient (Wildman–Crippen LogP) is 1.88. The zero-order valence-corrected chi connectivity index (χ0v) is 12.8. The molecule has 21 heavy (non-hydrogen) atoms. The Morgan fingerprint density at radius 2 is 2.38 bits per heavy atom. The molecule has 1 saturated heterocycles. The maximum Gasteiger partial charge on any atom is 0.322 e. The lowest BCUT2D eigenvalue weighted by molar-refractivity contribution is -0.00485. The second-order valence-electron chi connectivity index (χ2n) is 4.84. The van der Waals surface area contributed by atoms with Crippen molar-refractivity contribution in [2.24, 2.45) is 0 Å². The molecule has 7 heteroatoms. The first kappa shape index (κ1) is 15.9. The minimum absolute atomic E-state index is 0.135. The highest BCUT2D eigenvalue weighted by molar-refractivity contribution is 6.31. The van der Waals surface area contributed by atoms with Gasteiger partial charge in [-0.2, -0.15) is 0 Å². The van der Waals surface area contributed by atoms with Gasteiger partial charge in [-0.25, -0.2) is 4.79 Å². The lowest BCUT2D eigenvalue weighted by atomic mass is 10.2. The minimum Gasteiger partial charge on any atom is -0.495 e. The van der Waals surface area contributed by atoms with E-state index in [9.17, 15) is 9.90 Å². The molecule has 2 rings (SSSR count). The number of halogens is 1. The lowest BCUT2D eigenvalue weighted by Crippen LogP contribution is -2.52. The Hall–Kier alpha value is -1.50. The van der Waals surface area contributed by atoms with E-state index in [1.165, 1.54) is 7.11 Å². The van der Waals surface area contributed by atoms with Gasteiger partial charge in [0, 0.05) is 17.6 Å². The molecule has 1 aliphatic rings. The molecule has 1 aromatic rings. The van der Waals surface area contributed by atoms with Crippen LogP contribution in [0.2, 0.25) is 5.02 Å². The number of carbonyl (C=O) groups is 1. The van der Waals surface area contributed by atoms with E-state index in [4.69, 9.17) is 21.1 Å². The van der Waals surface area contributed by atoms with Crippen LogP contribution in [-0.4, -0.2) is 55.6 Å². The van der Waals surface area contributed by atoms with Crippen molar-refractivity contribution in [2.45, 2.75) is 13.0 Å². The summed E-state index contributed by atoms with van der Waals surface area (Å²) in [4.78, 5) is 13.9. The Morgan fingerprint density at radius 3 is 3.05 bits per heavy atom. The number of methoxy groups -OCH3 is 1. The summed E-state index contributed by atoms with van der Waals surface area (Å²) in [5.41, 5.74) is 1.39. The molecule has 6 nitrogen and oxygen atoms in total. The maximum atomic E-state index is 12.4. The second kappa shape index (κ2) is 6.98. The normalized spacial score (nSPS) is 18.5. The van der Waals surface area contributed by atoms with E-state index in [1.54, 1.807) is 17.0 Å². The number of urea groups is 1. The van der Waals surface area contributed by atoms with Gasteiger partial charge in [0.15, 0.2) is 0 Å². The molecule has 1 heterocycles. The standard InChI is InChI=1S/C14H19ClN2O4/c1-9-5-12(13(20-2)6-11(9)15)16-14(19)17-3-4-21-8-10(17)7-18/h5-6,10,18H,3-4,7-8H2,1-2H3,(H,16,19)/t10-/m1/s1. The van der Waals surface area contributed by atoms with Gasteiger partial charge in [0.2, 0.25) is 0 Å². The maximum absolute atomic E-state index is 12.4. The fourth-order valence-corrected chi connectivity index (χ4v) is 2.34. The molecular formula is C14H19ClN2O4. The first-order valence-electron chi connectivity index (χ1n) is 6.67. The van der Waals surface area contributed by atoms with Gasteiger partial charge in [0.25, 0.3) is 0 Å². The van der Waals surface area contributed by atoms with Crippen molar-refractivity contribution in [3.05, 3.63) is 22.7 Å². The van der Waals surface area contributed by atoms with Crippen LogP contribution in [-0.2, 0) is 4.74 Å². The monoisotopic (exact) mass is 314 g/mol. The van der Waals surface area contributed by atoms with Crippen LogP contribution in [0.5, 0.6) is 5.75 Å². The SMILES string of the molecule is COc1cc(Cl)c(C)cc1NC(=O)N1CCOC[C@H]1CO. The zero-order valence-electron chi connectivity index (χ0n) is 12.1. The molecule has 0 aromatic heterocycles. The third kappa shape index (κ3) is 3.58. The molecule has 0 bridgehead atoms. The molecule has 0 radical (unpaired) electrons. The van der Waals surface area contributed by atoms with Crippen molar-refractivity contribution in [3.63, 3.8) is 0 Å². The van der Waals surface area contributed by atoms with Crippen LogP contribution in [0.25, 0.3) is 0 Å². The molecule has 0 saturated carbocycles. The van der Waals surface area contributed by atoms with Crippen molar-refractivity contribution in [1.29, 1.82) is 0 Å². The molecule has 2 N–H and O–H groups in total. The van der Waals surface area contributed by atoms with E-state index in [-0.39, 0.29) is 18.7 Å². The number of morpholine rings is 1. The number of benzene rings is 1. The highest BCUT2D eigenvalue weighted by Crippen LogP contribution is 2.31. The number of anilines is 1. The van der Waals surface area contributed by atoms with Gasteiger partial charge in [-0.05, 0) is 18.6 Å². The molecule has 1 aliphatic heterocycles. The molecule has 1 aromatic carbocycles. The van der Waals surface area contributed by atoms with Crippen molar-refractivity contribution in [3.8, 4) is 5.75 Å². The average Bonchev–Trinajstić information content (AvgIpc) is 2.50. The van der Waals surface area contributed by atoms with Gasteiger partial charge in [-0.15, -0.1) is 0 Å². The Morgan fingerprint density at radius 1 is 1.62 bits per heavy atom. The fourth-order valence-electron chi connectivity index (χ4n) is 2.19. The molecule has 1 fully saturated rings. The van der Waals surface area contributed by atoms with E-state index >= 15 is 0 Å². The third-order valence-electron chi connectivity index (χ3n) is 3.42. The van der Waals surface area contributed by atoms with Crippen molar-refractivity contribution >= 4 is 23.3 Å². The van der Waals surface area contributed by atoms with Crippen LogP contribution in [0.4, 0.5) is 10.5 Å². The number of aliphatic hydroxyl groups is 1. The highest BCUT2D eigenvalue weighted by Gasteiger charge is 2.27. The number of nitrogens with one attached hydrogen (secondary N) is 1. The molecule has 0 spiro atoms. The van der Waals surface area contributed by atoms with Gasteiger partial charge in [0.1, 0.15) is 5.75 Å². The molecule has 0 aliphatic carbocycles. The first-order valence-corrected chi connectivity index (χ1v) is 7.05.